The summed E-state index contributed by atoms with van der Waals surface area (Å²) in [5, 5.41) is 12.1. The van der Waals surface area contributed by atoms with Gasteiger partial charge in [0, 0.05) is 17.1 Å². The number of hydrogen-bond donors (Lipinski definition) is 0. The third-order valence-corrected chi connectivity index (χ3v) is 4.48. The average molecular weight is 353 g/mol. The molecule has 0 aliphatic carbocycles. The Morgan fingerprint density at radius 3 is 2.80 bits per heavy atom. The maximum Gasteiger partial charge on any atom is 0.161 e. The Bertz CT molecular complexity index is 849. The van der Waals surface area contributed by atoms with Gasteiger partial charge in [0.2, 0.25) is 0 Å². The minimum atomic E-state index is 0.571. The van der Waals surface area contributed by atoms with Crippen molar-refractivity contribution in [2.24, 2.45) is 0 Å². The molecule has 6 heteroatoms. The first kappa shape index (κ1) is 17.1. The molecule has 128 valence electrons. The van der Waals surface area contributed by atoms with Gasteiger partial charge < -0.3 is 9.47 Å². The van der Waals surface area contributed by atoms with E-state index in [2.05, 4.69) is 11.1 Å². The van der Waals surface area contributed by atoms with Gasteiger partial charge in [-0.15, -0.1) is 11.3 Å². The number of nitrogens with zero attached hydrogens (tertiary/aromatic N) is 3. The largest absolute Gasteiger partial charge is 0.490 e. The molecule has 0 amide bonds. The Kier molecular flexibility index (Phi) is 5.36. The zero-order valence-electron chi connectivity index (χ0n) is 14.2. The van der Waals surface area contributed by atoms with Crippen molar-refractivity contribution in [2.75, 3.05) is 18.1 Å². The van der Waals surface area contributed by atoms with E-state index < -0.39 is 0 Å². The molecule has 0 radical (unpaired) electrons. The van der Waals surface area contributed by atoms with E-state index in [9.17, 15) is 5.26 Å². The van der Waals surface area contributed by atoms with Crippen LogP contribution in [0.5, 0.6) is 11.5 Å². The van der Waals surface area contributed by atoms with E-state index in [1.165, 1.54) is 11.3 Å². The Balaban J connectivity index is 1.91. The van der Waals surface area contributed by atoms with Crippen molar-refractivity contribution in [2.45, 2.75) is 20.3 Å². The highest BCUT2D eigenvalue weighted by Gasteiger charge is 2.16. The quantitative estimate of drug-likeness (QED) is 0.751. The lowest BCUT2D eigenvalue weighted by atomic mass is 10.2. The number of hydrogen-bond acceptors (Lipinski definition) is 6. The fourth-order valence-corrected chi connectivity index (χ4v) is 3.31. The van der Waals surface area contributed by atoms with Crippen LogP contribution in [0.3, 0.4) is 0 Å². The highest BCUT2D eigenvalue weighted by Crippen LogP contribution is 2.36. The minimum absolute atomic E-state index is 0.571. The third kappa shape index (κ3) is 3.67. The predicted octanol–water partition coefficient (Wildman–Crippen LogP) is 4.74. The molecule has 0 saturated heterocycles. The van der Waals surface area contributed by atoms with Crippen molar-refractivity contribution in [3.8, 4) is 28.1 Å². The Morgan fingerprint density at radius 1 is 1.24 bits per heavy atom. The first-order valence-corrected chi connectivity index (χ1v) is 9.06. The number of aromatic nitrogens is 1. The minimum Gasteiger partial charge on any atom is -0.490 e. The van der Waals surface area contributed by atoms with Gasteiger partial charge in [-0.05, 0) is 44.5 Å². The number of allylic oxidation sites excluding steroid dienone is 3. The molecule has 25 heavy (non-hydrogen) atoms. The molecule has 1 aromatic carbocycles. The van der Waals surface area contributed by atoms with Crippen LogP contribution in [0.2, 0.25) is 0 Å². The van der Waals surface area contributed by atoms with E-state index in [-0.39, 0.29) is 0 Å². The summed E-state index contributed by atoms with van der Waals surface area (Å²) in [6.45, 7) is 5.05. The molecule has 1 aromatic heterocycles. The number of thiazole rings is 1. The molecule has 2 aromatic rings. The van der Waals surface area contributed by atoms with Crippen molar-refractivity contribution in [1.82, 2.24) is 4.98 Å². The van der Waals surface area contributed by atoms with E-state index in [1.807, 2.05) is 60.7 Å². The van der Waals surface area contributed by atoms with Gasteiger partial charge in [-0.3, -0.25) is 4.90 Å². The van der Waals surface area contributed by atoms with Gasteiger partial charge in [-0.1, -0.05) is 6.08 Å². The van der Waals surface area contributed by atoms with Crippen molar-refractivity contribution in [3.05, 3.63) is 47.6 Å². The second-order valence-corrected chi connectivity index (χ2v) is 6.09. The molecule has 5 nitrogen and oxygen atoms in total. The van der Waals surface area contributed by atoms with Gasteiger partial charge in [0.1, 0.15) is 22.6 Å². The summed E-state index contributed by atoms with van der Waals surface area (Å²) >= 11 is 1.54. The Hall–Kier alpha value is -2.78. The lowest BCUT2D eigenvalue weighted by Gasteiger charge is -2.18. The smallest absolute Gasteiger partial charge is 0.161 e. The summed E-state index contributed by atoms with van der Waals surface area (Å²) in [5.41, 5.74) is 1.56. The van der Waals surface area contributed by atoms with Crippen LogP contribution in [0.15, 0.2) is 47.6 Å². The zero-order valence-corrected chi connectivity index (χ0v) is 15.0. The van der Waals surface area contributed by atoms with Crippen molar-refractivity contribution in [1.29, 1.82) is 5.26 Å². The molecule has 1 aliphatic rings. The number of anilines is 1. The maximum atomic E-state index is 9.27. The zero-order chi connectivity index (χ0) is 17.6. The standard InChI is InChI=1S/C19H19N3O2S/c1-3-23-16-9-8-14(11-17(16)24-4-2)19-21-18(13-25-19)22-10-6-5-7-15(22)12-20/h6-11,13H,3-5H2,1-2H3. The van der Waals surface area contributed by atoms with E-state index in [0.717, 1.165) is 28.6 Å². The summed E-state index contributed by atoms with van der Waals surface area (Å²) in [6, 6.07) is 8.05. The van der Waals surface area contributed by atoms with Crippen LogP contribution in [-0.2, 0) is 0 Å². The lowest BCUT2D eigenvalue weighted by Crippen LogP contribution is -2.16. The summed E-state index contributed by atoms with van der Waals surface area (Å²) < 4.78 is 11.3. The van der Waals surface area contributed by atoms with Crippen LogP contribution < -0.4 is 14.4 Å². The van der Waals surface area contributed by atoms with E-state index in [0.29, 0.717) is 24.7 Å². The molecular weight excluding hydrogens is 334 g/mol. The average Bonchev–Trinajstić information content (AvgIpc) is 3.13. The van der Waals surface area contributed by atoms with Gasteiger partial charge in [0.25, 0.3) is 0 Å². The second-order valence-electron chi connectivity index (χ2n) is 5.23. The number of benzene rings is 1. The molecule has 2 heterocycles. The van der Waals surface area contributed by atoms with Gasteiger partial charge >= 0.3 is 0 Å². The van der Waals surface area contributed by atoms with Crippen LogP contribution in [0.25, 0.3) is 10.6 Å². The monoisotopic (exact) mass is 353 g/mol. The SMILES string of the molecule is CCOc1ccc(-c2nc(N3C=CCC=C3C#N)cs2)cc1OCC. The fraction of sp³-hybridized carbons (Fsp3) is 0.263. The topological polar surface area (TPSA) is 58.4 Å². The molecule has 0 bridgehead atoms. The highest BCUT2D eigenvalue weighted by molar-refractivity contribution is 7.13. The van der Waals surface area contributed by atoms with Crippen LogP contribution in [0, 0.1) is 11.3 Å². The second kappa shape index (κ2) is 7.86. The van der Waals surface area contributed by atoms with Gasteiger partial charge in [-0.25, -0.2) is 4.98 Å². The molecule has 0 spiro atoms. The number of nitriles is 1. The summed E-state index contributed by atoms with van der Waals surface area (Å²) in [6.07, 6.45) is 6.56. The van der Waals surface area contributed by atoms with Crippen molar-refractivity contribution in [3.63, 3.8) is 0 Å². The summed E-state index contributed by atoms with van der Waals surface area (Å²) in [5.74, 6) is 2.20. The van der Waals surface area contributed by atoms with E-state index >= 15 is 0 Å². The first-order valence-electron chi connectivity index (χ1n) is 8.18. The fourth-order valence-electron chi connectivity index (χ4n) is 2.52. The molecule has 3 rings (SSSR count). The molecular formula is C19H19N3O2S. The maximum absolute atomic E-state index is 9.27. The van der Waals surface area contributed by atoms with Gasteiger partial charge in [0.05, 0.1) is 13.2 Å². The first-order chi connectivity index (χ1) is 12.3. The van der Waals surface area contributed by atoms with Crippen LogP contribution in [0.1, 0.15) is 20.3 Å². The predicted molar refractivity (Wildman–Crippen MR) is 99.8 cm³/mol. The number of ether oxygens (including phenoxy) is 2. The van der Waals surface area contributed by atoms with E-state index in [4.69, 9.17) is 9.47 Å². The van der Waals surface area contributed by atoms with E-state index in [1.54, 1.807) is 0 Å². The summed E-state index contributed by atoms with van der Waals surface area (Å²) in [4.78, 5) is 6.49. The van der Waals surface area contributed by atoms with Crippen LogP contribution >= 0.6 is 11.3 Å². The molecule has 0 saturated carbocycles. The van der Waals surface area contributed by atoms with Crippen molar-refractivity contribution < 1.29 is 9.47 Å². The van der Waals surface area contributed by atoms with Crippen molar-refractivity contribution >= 4 is 17.2 Å². The number of rotatable bonds is 6. The molecule has 0 N–H and O–H groups in total. The Morgan fingerprint density at radius 2 is 2.04 bits per heavy atom. The summed E-state index contributed by atoms with van der Waals surface area (Å²) in [7, 11) is 0. The lowest BCUT2D eigenvalue weighted by molar-refractivity contribution is 0.288. The van der Waals surface area contributed by atoms with Gasteiger partial charge in [0.15, 0.2) is 11.5 Å². The highest BCUT2D eigenvalue weighted by atomic mass is 32.1. The molecule has 0 fully saturated rings. The molecule has 1 aliphatic heterocycles. The normalized spacial score (nSPS) is 13.3. The Labute approximate surface area is 151 Å². The third-order valence-electron chi connectivity index (χ3n) is 3.61. The van der Waals surface area contributed by atoms with Crippen LogP contribution in [0.4, 0.5) is 5.82 Å². The molecule has 0 unspecified atom stereocenters. The van der Waals surface area contributed by atoms with Crippen LogP contribution in [-0.4, -0.2) is 18.2 Å². The molecule has 0 atom stereocenters. The van der Waals surface area contributed by atoms with Gasteiger partial charge in [-0.2, -0.15) is 5.26 Å².